The maximum absolute atomic E-state index is 9.69. The van der Waals surface area contributed by atoms with Crippen molar-refractivity contribution in [3.05, 3.63) is 6.20 Å². The molecule has 0 bridgehead atoms. The molecule has 19 heavy (non-hydrogen) atoms. The Kier molecular flexibility index (Phi) is 9.57. The van der Waals surface area contributed by atoms with Crippen molar-refractivity contribution in [1.29, 1.82) is 0 Å². The van der Waals surface area contributed by atoms with Crippen molar-refractivity contribution in [2.45, 2.75) is 51.6 Å². The Morgan fingerprint density at radius 3 is 2.84 bits per heavy atom. The Bertz CT molecular complexity index is 296. The monoisotopic (exact) mass is 287 g/mol. The quantitative estimate of drug-likeness (QED) is 0.577. The summed E-state index contributed by atoms with van der Waals surface area (Å²) in [4.78, 5) is 0. The molecule has 1 aromatic heterocycles. The first kappa shape index (κ1) is 16.3. The normalized spacial score (nSPS) is 12.5. The SMILES string of the molecule is CCCCCCCCNCC(O)COc1cnsn1. The molecule has 0 saturated heterocycles. The van der Waals surface area contributed by atoms with E-state index in [4.69, 9.17) is 4.74 Å². The van der Waals surface area contributed by atoms with Gasteiger partial charge in [-0.1, -0.05) is 39.0 Å². The largest absolute Gasteiger partial charge is 0.473 e. The lowest BCUT2D eigenvalue weighted by atomic mass is 10.1. The topological polar surface area (TPSA) is 67.3 Å². The van der Waals surface area contributed by atoms with E-state index in [1.807, 2.05) is 0 Å². The molecule has 0 aliphatic carbocycles. The predicted molar refractivity (Wildman–Crippen MR) is 77.7 cm³/mol. The molecular weight excluding hydrogens is 262 g/mol. The molecule has 6 heteroatoms. The van der Waals surface area contributed by atoms with E-state index in [-0.39, 0.29) is 6.61 Å². The van der Waals surface area contributed by atoms with Crippen LogP contribution in [-0.2, 0) is 0 Å². The highest BCUT2D eigenvalue weighted by atomic mass is 32.1. The molecular formula is C13H25N3O2S. The van der Waals surface area contributed by atoms with Crippen molar-refractivity contribution in [3.63, 3.8) is 0 Å². The van der Waals surface area contributed by atoms with Gasteiger partial charge >= 0.3 is 0 Å². The van der Waals surface area contributed by atoms with Gasteiger partial charge in [0.05, 0.1) is 11.7 Å². The van der Waals surface area contributed by atoms with Gasteiger partial charge in [0.25, 0.3) is 0 Å². The van der Waals surface area contributed by atoms with Gasteiger partial charge in [-0.2, -0.15) is 4.37 Å². The number of aromatic nitrogens is 2. The minimum atomic E-state index is -0.498. The van der Waals surface area contributed by atoms with Crippen LogP contribution in [0.2, 0.25) is 0 Å². The third kappa shape index (κ3) is 8.91. The first-order valence-electron chi connectivity index (χ1n) is 7.12. The van der Waals surface area contributed by atoms with E-state index in [0.717, 1.165) is 18.3 Å². The van der Waals surface area contributed by atoms with Crippen LogP contribution in [0.25, 0.3) is 0 Å². The van der Waals surface area contributed by atoms with E-state index in [2.05, 4.69) is 21.0 Å². The maximum Gasteiger partial charge on any atom is 0.245 e. The number of unbranched alkanes of at least 4 members (excludes halogenated alkanes) is 5. The number of nitrogens with one attached hydrogen (secondary N) is 1. The summed E-state index contributed by atoms with van der Waals surface area (Å²) in [5.41, 5.74) is 0. The van der Waals surface area contributed by atoms with Gasteiger partial charge in [-0.25, -0.2) is 0 Å². The minimum absolute atomic E-state index is 0.259. The molecule has 0 radical (unpaired) electrons. The summed E-state index contributed by atoms with van der Waals surface area (Å²) in [6, 6.07) is 0. The van der Waals surface area contributed by atoms with Crippen LogP contribution < -0.4 is 10.1 Å². The number of ether oxygens (including phenoxy) is 1. The predicted octanol–water partition coefficient (Wildman–Crippen LogP) is 2.23. The highest BCUT2D eigenvalue weighted by molar-refractivity contribution is 6.99. The fraction of sp³-hybridized carbons (Fsp3) is 0.846. The molecule has 1 rings (SSSR count). The zero-order valence-corrected chi connectivity index (χ0v) is 12.5. The summed E-state index contributed by atoms with van der Waals surface area (Å²) in [5.74, 6) is 0.486. The maximum atomic E-state index is 9.69. The summed E-state index contributed by atoms with van der Waals surface area (Å²) < 4.78 is 13.0. The summed E-state index contributed by atoms with van der Waals surface area (Å²) >= 11 is 1.10. The molecule has 0 fully saturated rings. The van der Waals surface area contributed by atoms with E-state index in [1.54, 1.807) is 6.20 Å². The van der Waals surface area contributed by atoms with Gasteiger partial charge in [0, 0.05) is 6.54 Å². The van der Waals surface area contributed by atoms with Gasteiger partial charge in [0.15, 0.2) is 0 Å². The molecule has 0 spiro atoms. The summed E-state index contributed by atoms with van der Waals surface area (Å²) in [6.07, 6.45) is 8.79. The fourth-order valence-electron chi connectivity index (χ4n) is 1.76. The van der Waals surface area contributed by atoms with E-state index >= 15 is 0 Å². The molecule has 2 N–H and O–H groups in total. The number of aliphatic hydroxyl groups excluding tert-OH is 1. The Morgan fingerprint density at radius 2 is 2.11 bits per heavy atom. The van der Waals surface area contributed by atoms with Crippen molar-refractivity contribution in [1.82, 2.24) is 14.1 Å². The van der Waals surface area contributed by atoms with Crippen molar-refractivity contribution >= 4 is 11.7 Å². The van der Waals surface area contributed by atoms with Gasteiger partial charge in [-0.15, -0.1) is 4.37 Å². The van der Waals surface area contributed by atoms with Crippen LogP contribution in [0.3, 0.4) is 0 Å². The minimum Gasteiger partial charge on any atom is -0.473 e. The smallest absolute Gasteiger partial charge is 0.245 e. The van der Waals surface area contributed by atoms with Gasteiger partial charge in [-0.05, 0) is 13.0 Å². The number of rotatable bonds is 12. The second kappa shape index (κ2) is 11.1. The Hall–Kier alpha value is -0.720. The van der Waals surface area contributed by atoms with Crippen molar-refractivity contribution in [3.8, 4) is 5.88 Å². The number of nitrogens with zero attached hydrogens (tertiary/aromatic N) is 2. The molecule has 0 aromatic carbocycles. The average molecular weight is 287 g/mol. The van der Waals surface area contributed by atoms with Gasteiger partial charge < -0.3 is 15.2 Å². The van der Waals surface area contributed by atoms with Crippen LogP contribution in [0.15, 0.2) is 6.20 Å². The van der Waals surface area contributed by atoms with Gasteiger partial charge in [0.1, 0.15) is 18.9 Å². The zero-order chi connectivity index (χ0) is 13.8. The van der Waals surface area contributed by atoms with Crippen LogP contribution in [0.1, 0.15) is 45.4 Å². The molecule has 0 aliphatic heterocycles. The highest BCUT2D eigenvalue weighted by Crippen LogP contribution is 2.05. The molecule has 1 aromatic rings. The number of aliphatic hydroxyl groups is 1. The highest BCUT2D eigenvalue weighted by Gasteiger charge is 2.05. The van der Waals surface area contributed by atoms with Crippen LogP contribution in [0, 0.1) is 0 Å². The van der Waals surface area contributed by atoms with Crippen LogP contribution in [0.4, 0.5) is 0 Å². The number of hydrogen-bond donors (Lipinski definition) is 2. The standard InChI is InChI=1S/C13H25N3O2S/c1-2-3-4-5-6-7-8-14-9-12(17)11-18-13-10-15-19-16-13/h10,12,14,17H,2-9,11H2,1H3. The second-order valence-corrected chi connectivity index (χ2v) is 5.24. The van der Waals surface area contributed by atoms with Gasteiger partial charge in [0.2, 0.25) is 5.88 Å². The molecule has 1 atom stereocenters. The zero-order valence-electron chi connectivity index (χ0n) is 11.7. The lowest BCUT2D eigenvalue weighted by Gasteiger charge is -2.11. The Morgan fingerprint density at radius 1 is 1.32 bits per heavy atom. The third-order valence-electron chi connectivity index (χ3n) is 2.85. The van der Waals surface area contributed by atoms with E-state index in [1.165, 1.54) is 38.5 Å². The second-order valence-electron chi connectivity index (χ2n) is 4.68. The van der Waals surface area contributed by atoms with E-state index in [9.17, 15) is 5.11 Å². The molecule has 1 heterocycles. The van der Waals surface area contributed by atoms with Crippen LogP contribution >= 0.6 is 11.7 Å². The van der Waals surface area contributed by atoms with Crippen molar-refractivity contribution < 1.29 is 9.84 Å². The fourth-order valence-corrected chi connectivity index (χ4v) is 2.12. The lowest BCUT2D eigenvalue weighted by Crippen LogP contribution is -2.32. The summed E-state index contributed by atoms with van der Waals surface area (Å²) in [7, 11) is 0. The molecule has 0 amide bonds. The van der Waals surface area contributed by atoms with E-state index < -0.39 is 6.10 Å². The summed E-state index contributed by atoms with van der Waals surface area (Å²) in [5, 5.41) is 12.9. The van der Waals surface area contributed by atoms with Crippen LogP contribution in [0.5, 0.6) is 5.88 Å². The van der Waals surface area contributed by atoms with E-state index in [0.29, 0.717) is 12.4 Å². The Labute approximate surface area is 119 Å². The molecule has 5 nitrogen and oxygen atoms in total. The Balaban J connectivity index is 1.86. The summed E-state index contributed by atoms with van der Waals surface area (Å²) in [6.45, 7) is 4.01. The average Bonchev–Trinajstić information content (AvgIpc) is 2.93. The third-order valence-corrected chi connectivity index (χ3v) is 3.31. The lowest BCUT2D eigenvalue weighted by molar-refractivity contribution is 0.104. The molecule has 1 unspecified atom stereocenters. The molecule has 110 valence electrons. The number of hydrogen-bond acceptors (Lipinski definition) is 6. The van der Waals surface area contributed by atoms with Crippen LogP contribution in [-0.4, -0.2) is 39.7 Å². The molecule has 0 saturated carbocycles. The van der Waals surface area contributed by atoms with Crippen molar-refractivity contribution in [2.24, 2.45) is 0 Å². The first-order chi connectivity index (χ1) is 9.33. The van der Waals surface area contributed by atoms with Gasteiger partial charge in [-0.3, -0.25) is 0 Å². The van der Waals surface area contributed by atoms with Crippen molar-refractivity contribution in [2.75, 3.05) is 19.7 Å². The molecule has 0 aliphatic rings. The first-order valence-corrected chi connectivity index (χ1v) is 7.85.